The summed E-state index contributed by atoms with van der Waals surface area (Å²) in [6.45, 7) is 6.00. The molecule has 2 N–H and O–H groups in total. The second-order valence-corrected chi connectivity index (χ2v) is 9.63. The van der Waals surface area contributed by atoms with E-state index in [1.165, 1.54) is 11.6 Å². The number of fused-ring (bicyclic) bond motifs is 1. The number of nitrogens with one attached hydrogen (secondary N) is 2. The molecule has 1 aliphatic rings. The molecule has 1 saturated carbocycles. The van der Waals surface area contributed by atoms with Crippen LogP contribution in [-0.2, 0) is 11.0 Å². The average Bonchev–Trinajstić information content (AvgIpc) is 3.33. The number of carbonyl (C=O) groups is 1. The Morgan fingerprint density at radius 3 is 2.43 bits per heavy atom. The zero-order valence-electron chi connectivity index (χ0n) is 21.2. The molecule has 1 fully saturated rings. The molecule has 0 bridgehead atoms. The number of aromatic nitrogens is 2. The smallest absolute Gasteiger partial charge is 0.359 e. The van der Waals surface area contributed by atoms with Gasteiger partial charge in [0.25, 0.3) is 0 Å². The van der Waals surface area contributed by atoms with E-state index in [9.17, 15) is 18.0 Å². The molecule has 4 rings (SSSR count). The van der Waals surface area contributed by atoms with Crippen molar-refractivity contribution in [2.45, 2.75) is 51.1 Å². The van der Waals surface area contributed by atoms with Crippen molar-refractivity contribution in [2.24, 2.45) is 5.92 Å². The summed E-state index contributed by atoms with van der Waals surface area (Å²) in [5.41, 5.74) is 4.06. The number of nitrogens with zero attached hydrogens (tertiary/aromatic N) is 1. The molecule has 3 aromatic rings. The summed E-state index contributed by atoms with van der Waals surface area (Å²) < 4.78 is 39.0. The maximum absolute atomic E-state index is 13.0. The standard InChI is InChI=1S/C30H32F3N3O/c1-4-21(8-5-19(2)29-35-26-16-15-25(30(31,32)33)18-27(26)36-29)22-11-13-24(14-12-22)23-9-6-20(7-10-23)17-28(37)34-3/h4-5,8,11-16,18,20,23H,2,6-7,9-10,17H2,1,3H3,(H,34,37)(H,35,36)/b8-5-,21-4?. The molecule has 1 heterocycles. The number of carbonyl (C=O) groups excluding carboxylic acids is 1. The Balaban J connectivity index is 1.40. The highest BCUT2D eigenvalue weighted by Crippen LogP contribution is 2.37. The number of hydrogen-bond donors (Lipinski definition) is 2. The van der Waals surface area contributed by atoms with E-state index >= 15 is 0 Å². The minimum atomic E-state index is -4.40. The Bertz CT molecular complexity index is 1320. The second kappa shape index (κ2) is 11.2. The first-order valence-electron chi connectivity index (χ1n) is 12.6. The number of H-pyrrole nitrogens is 1. The summed E-state index contributed by atoms with van der Waals surface area (Å²) >= 11 is 0. The molecular weight excluding hydrogens is 475 g/mol. The quantitative estimate of drug-likeness (QED) is 0.323. The first-order chi connectivity index (χ1) is 17.7. The zero-order chi connectivity index (χ0) is 26.6. The summed E-state index contributed by atoms with van der Waals surface area (Å²) in [6, 6.07) is 12.1. The summed E-state index contributed by atoms with van der Waals surface area (Å²) in [5.74, 6) is 1.55. The fraction of sp³-hybridized carbons (Fsp3) is 0.333. The Morgan fingerprint density at radius 2 is 1.81 bits per heavy atom. The molecule has 194 valence electrons. The minimum Gasteiger partial charge on any atom is -0.359 e. The number of amides is 1. The van der Waals surface area contributed by atoms with Crippen LogP contribution in [0.2, 0.25) is 0 Å². The lowest BCUT2D eigenvalue weighted by Crippen LogP contribution is -2.23. The summed E-state index contributed by atoms with van der Waals surface area (Å²) in [7, 11) is 1.69. The molecule has 37 heavy (non-hydrogen) atoms. The van der Waals surface area contributed by atoms with Gasteiger partial charge in [0.1, 0.15) is 5.82 Å². The van der Waals surface area contributed by atoms with E-state index in [0.717, 1.165) is 49.0 Å². The van der Waals surface area contributed by atoms with Gasteiger partial charge in [-0.1, -0.05) is 49.1 Å². The van der Waals surface area contributed by atoms with Gasteiger partial charge in [-0.3, -0.25) is 4.79 Å². The van der Waals surface area contributed by atoms with Crippen LogP contribution in [0.1, 0.15) is 67.5 Å². The third kappa shape index (κ3) is 6.40. The molecule has 0 radical (unpaired) electrons. The molecule has 1 amide bonds. The highest BCUT2D eigenvalue weighted by atomic mass is 19.4. The molecule has 0 spiro atoms. The number of alkyl halides is 3. The van der Waals surface area contributed by atoms with Crippen molar-refractivity contribution in [1.29, 1.82) is 0 Å². The van der Waals surface area contributed by atoms with Crippen LogP contribution in [0.5, 0.6) is 0 Å². The van der Waals surface area contributed by atoms with Gasteiger partial charge in [-0.05, 0) is 79.3 Å². The van der Waals surface area contributed by atoms with Crippen LogP contribution in [0.3, 0.4) is 0 Å². The van der Waals surface area contributed by atoms with Crippen molar-refractivity contribution in [2.75, 3.05) is 7.05 Å². The SMILES string of the molecule is C=C(/C=C\C(=CC)c1ccc(C2CCC(CC(=O)NC)CC2)cc1)c1nc2ccc(C(F)(F)F)cc2[nH]1. The number of hydrogen-bond acceptors (Lipinski definition) is 2. The topological polar surface area (TPSA) is 57.8 Å². The van der Waals surface area contributed by atoms with Gasteiger partial charge in [-0.2, -0.15) is 13.2 Å². The minimum absolute atomic E-state index is 0.123. The number of allylic oxidation sites excluding steroid dienone is 5. The number of rotatable bonds is 7. The fourth-order valence-corrected chi connectivity index (χ4v) is 4.98. The predicted octanol–water partition coefficient (Wildman–Crippen LogP) is 7.66. The molecule has 2 aromatic carbocycles. The van der Waals surface area contributed by atoms with Gasteiger partial charge in [-0.25, -0.2) is 4.98 Å². The summed E-state index contributed by atoms with van der Waals surface area (Å²) in [6.07, 6.45) is 6.32. The lowest BCUT2D eigenvalue weighted by molar-refractivity contribution is -0.137. The molecular formula is C30H32F3N3O. The maximum Gasteiger partial charge on any atom is 0.416 e. The Hall–Kier alpha value is -3.61. The van der Waals surface area contributed by atoms with Crippen LogP contribution in [0, 0.1) is 5.92 Å². The van der Waals surface area contributed by atoms with Crippen LogP contribution in [0.15, 0.2) is 67.3 Å². The van der Waals surface area contributed by atoms with Crippen LogP contribution in [0.4, 0.5) is 13.2 Å². The third-order valence-corrected chi connectivity index (χ3v) is 7.20. The number of halogens is 3. The predicted molar refractivity (Wildman–Crippen MR) is 143 cm³/mol. The molecule has 0 saturated heterocycles. The van der Waals surface area contributed by atoms with Crippen LogP contribution in [-0.4, -0.2) is 22.9 Å². The van der Waals surface area contributed by atoms with E-state index in [1.807, 2.05) is 25.2 Å². The molecule has 7 heteroatoms. The monoisotopic (exact) mass is 507 g/mol. The Morgan fingerprint density at radius 1 is 1.11 bits per heavy atom. The van der Waals surface area contributed by atoms with Crippen molar-refractivity contribution < 1.29 is 18.0 Å². The highest BCUT2D eigenvalue weighted by Gasteiger charge is 2.30. The molecule has 1 aliphatic carbocycles. The maximum atomic E-state index is 13.0. The van der Waals surface area contributed by atoms with E-state index < -0.39 is 11.7 Å². The third-order valence-electron chi connectivity index (χ3n) is 7.20. The van der Waals surface area contributed by atoms with E-state index in [1.54, 1.807) is 7.05 Å². The number of aromatic amines is 1. The van der Waals surface area contributed by atoms with Crippen LogP contribution >= 0.6 is 0 Å². The molecule has 0 unspecified atom stereocenters. The van der Waals surface area contributed by atoms with Gasteiger partial charge in [-0.15, -0.1) is 0 Å². The van der Waals surface area contributed by atoms with Crippen molar-refractivity contribution in [1.82, 2.24) is 15.3 Å². The first kappa shape index (κ1) is 26.5. The lowest BCUT2D eigenvalue weighted by atomic mass is 9.77. The van der Waals surface area contributed by atoms with Crippen molar-refractivity contribution in [3.8, 4) is 0 Å². The van der Waals surface area contributed by atoms with Gasteiger partial charge in [0.05, 0.1) is 16.6 Å². The molecule has 4 nitrogen and oxygen atoms in total. The van der Waals surface area contributed by atoms with Crippen molar-refractivity contribution in [3.63, 3.8) is 0 Å². The van der Waals surface area contributed by atoms with Crippen molar-refractivity contribution >= 4 is 28.1 Å². The normalized spacial score (nSPS) is 18.9. The van der Waals surface area contributed by atoms with Gasteiger partial charge in [0.15, 0.2) is 0 Å². The molecule has 0 atom stereocenters. The highest BCUT2D eigenvalue weighted by molar-refractivity contribution is 5.83. The number of benzene rings is 2. The fourth-order valence-electron chi connectivity index (χ4n) is 4.98. The van der Waals surface area contributed by atoms with E-state index in [-0.39, 0.29) is 5.91 Å². The summed E-state index contributed by atoms with van der Waals surface area (Å²) in [5, 5.41) is 2.72. The molecule has 1 aromatic heterocycles. The first-order valence-corrected chi connectivity index (χ1v) is 12.6. The van der Waals surface area contributed by atoms with Gasteiger partial charge in [0, 0.05) is 19.0 Å². The zero-order valence-corrected chi connectivity index (χ0v) is 21.2. The lowest BCUT2D eigenvalue weighted by Gasteiger charge is -2.28. The van der Waals surface area contributed by atoms with Crippen LogP contribution in [0.25, 0.3) is 22.2 Å². The average molecular weight is 508 g/mol. The Labute approximate surface area is 215 Å². The molecule has 0 aliphatic heterocycles. The van der Waals surface area contributed by atoms with Gasteiger partial charge < -0.3 is 10.3 Å². The number of imidazole rings is 1. The van der Waals surface area contributed by atoms with E-state index in [4.69, 9.17) is 0 Å². The largest absolute Gasteiger partial charge is 0.416 e. The van der Waals surface area contributed by atoms with Crippen LogP contribution < -0.4 is 5.32 Å². The van der Waals surface area contributed by atoms with Gasteiger partial charge >= 0.3 is 6.18 Å². The Kier molecular flexibility index (Phi) is 8.00. The summed E-state index contributed by atoms with van der Waals surface area (Å²) in [4.78, 5) is 19.0. The van der Waals surface area contributed by atoms with Crippen molar-refractivity contribution in [3.05, 3.63) is 89.8 Å². The van der Waals surface area contributed by atoms with E-state index in [0.29, 0.717) is 40.7 Å². The second-order valence-electron chi connectivity index (χ2n) is 9.63. The van der Waals surface area contributed by atoms with E-state index in [2.05, 4.69) is 46.1 Å². The van der Waals surface area contributed by atoms with Gasteiger partial charge in [0.2, 0.25) is 5.91 Å².